The molecule has 194 valence electrons. The molecule has 0 atom stereocenters. The first-order valence-corrected chi connectivity index (χ1v) is 13.3. The van der Waals surface area contributed by atoms with Gasteiger partial charge in [0.05, 0.1) is 27.2 Å². The van der Waals surface area contributed by atoms with Crippen molar-refractivity contribution in [3.8, 4) is 28.3 Å². The summed E-state index contributed by atoms with van der Waals surface area (Å²) in [5, 5.41) is 10.1. The van der Waals surface area contributed by atoms with Crippen molar-refractivity contribution in [3.63, 3.8) is 0 Å². The van der Waals surface area contributed by atoms with Crippen molar-refractivity contribution in [1.82, 2.24) is 4.98 Å². The fourth-order valence-electron chi connectivity index (χ4n) is 4.63. The number of benzene rings is 4. The van der Waals surface area contributed by atoms with Gasteiger partial charge >= 0.3 is 6.18 Å². The number of alkyl halides is 3. The molecule has 5 rings (SSSR count). The molecule has 1 heterocycles. The average molecular weight is 544 g/mol. The lowest BCUT2D eigenvalue weighted by Crippen LogP contribution is -2.15. The molecule has 0 amide bonds. The second-order valence-electron chi connectivity index (χ2n) is 8.82. The second-order valence-corrected chi connectivity index (χ2v) is 10.5. The number of halogens is 3. The number of nitrogens with zero attached hydrogens (tertiary/aromatic N) is 2. The molecule has 1 N–H and O–H groups in total. The number of rotatable bonds is 5. The van der Waals surface area contributed by atoms with Gasteiger partial charge in [-0.3, -0.25) is 9.71 Å². The van der Waals surface area contributed by atoms with E-state index in [9.17, 15) is 26.9 Å². The number of fused-ring (bicyclic) bond motifs is 1. The van der Waals surface area contributed by atoms with E-state index in [2.05, 4.69) is 9.71 Å². The number of pyridine rings is 1. The highest BCUT2D eigenvalue weighted by Gasteiger charge is 2.34. The Kier molecular flexibility index (Phi) is 6.58. The van der Waals surface area contributed by atoms with Gasteiger partial charge in [0.2, 0.25) is 0 Å². The first-order valence-electron chi connectivity index (χ1n) is 11.8. The molecule has 1 aromatic heterocycles. The topological polar surface area (TPSA) is 82.9 Å². The van der Waals surface area contributed by atoms with Gasteiger partial charge in [-0.05, 0) is 41.8 Å². The van der Waals surface area contributed by atoms with E-state index in [0.717, 1.165) is 12.3 Å². The number of hydrogen-bond donors (Lipinski definition) is 1. The van der Waals surface area contributed by atoms with Crippen LogP contribution >= 0.6 is 0 Å². The van der Waals surface area contributed by atoms with Crippen molar-refractivity contribution in [2.45, 2.75) is 18.0 Å². The van der Waals surface area contributed by atoms with Crippen LogP contribution in [0.5, 0.6) is 0 Å². The number of hydrogen-bond acceptors (Lipinski definition) is 4. The van der Waals surface area contributed by atoms with Crippen molar-refractivity contribution >= 4 is 26.6 Å². The highest BCUT2D eigenvalue weighted by atomic mass is 32.2. The standard InChI is InChI=1S/C30H20F3N3O2S/c1-19-9-5-6-16-26(19)39(37,38)36-25-15-8-12-22(20-10-3-2-4-11-20)28(25)27-21(17-34)18-35-29-23(27)13-7-14-24(29)30(31,32)33/h2-16,18,36H,1H3. The van der Waals surface area contributed by atoms with Crippen molar-refractivity contribution in [2.24, 2.45) is 0 Å². The van der Waals surface area contributed by atoms with Gasteiger partial charge in [0.1, 0.15) is 6.07 Å². The van der Waals surface area contributed by atoms with E-state index in [1.807, 2.05) is 12.1 Å². The third-order valence-corrected chi connectivity index (χ3v) is 7.88. The Morgan fingerprint density at radius 2 is 1.54 bits per heavy atom. The second kappa shape index (κ2) is 9.89. The molecule has 0 radical (unpaired) electrons. The van der Waals surface area contributed by atoms with Gasteiger partial charge in [-0.1, -0.05) is 72.8 Å². The molecule has 0 aliphatic rings. The molecular weight excluding hydrogens is 523 g/mol. The number of aromatic nitrogens is 1. The quantitative estimate of drug-likeness (QED) is 0.248. The Balaban J connectivity index is 1.87. The molecule has 5 aromatic rings. The summed E-state index contributed by atoms with van der Waals surface area (Å²) in [6, 6.07) is 26.0. The van der Waals surface area contributed by atoms with Gasteiger partial charge in [0.15, 0.2) is 0 Å². The molecule has 0 aliphatic carbocycles. The van der Waals surface area contributed by atoms with Crippen LogP contribution in [0.4, 0.5) is 18.9 Å². The number of nitriles is 1. The molecule has 0 unspecified atom stereocenters. The van der Waals surface area contributed by atoms with Gasteiger partial charge in [-0.15, -0.1) is 0 Å². The van der Waals surface area contributed by atoms with Gasteiger partial charge in [0, 0.05) is 22.7 Å². The Morgan fingerprint density at radius 1 is 0.846 bits per heavy atom. The van der Waals surface area contributed by atoms with Gasteiger partial charge in [0.25, 0.3) is 10.0 Å². The minimum absolute atomic E-state index is 0.00143. The maximum absolute atomic E-state index is 13.9. The molecule has 39 heavy (non-hydrogen) atoms. The number of aryl methyl sites for hydroxylation is 1. The zero-order valence-corrected chi connectivity index (χ0v) is 21.3. The first-order chi connectivity index (χ1) is 18.6. The van der Waals surface area contributed by atoms with Crippen molar-refractivity contribution < 1.29 is 21.6 Å². The van der Waals surface area contributed by atoms with Crippen LogP contribution in [0.2, 0.25) is 0 Å². The smallest absolute Gasteiger partial charge is 0.279 e. The summed E-state index contributed by atoms with van der Waals surface area (Å²) < 4.78 is 71.4. The average Bonchev–Trinajstić information content (AvgIpc) is 2.92. The number of anilines is 1. The molecule has 9 heteroatoms. The lowest BCUT2D eigenvalue weighted by Gasteiger charge is -2.20. The van der Waals surface area contributed by atoms with E-state index in [-0.39, 0.29) is 38.2 Å². The number of para-hydroxylation sites is 1. The number of nitrogens with one attached hydrogen (secondary N) is 1. The van der Waals surface area contributed by atoms with Gasteiger partial charge in [-0.25, -0.2) is 8.42 Å². The third-order valence-electron chi connectivity index (χ3n) is 6.35. The van der Waals surface area contributed by atoms with E-state index >= 15 is 0 Å². The zero-order chi connectivity index (χ0) is 27.8. The van der Waals surface area contributed by atoms with E-state index in [1.165, 1.54) is 24.3 Å². The Morgan fingerprint density at radius 3 is 2.23 bits per heavy atom. The molecule has 4 aromatic carbocycles. The van der Waals surface area contributed by atoms with E-state index in [0.29, 0.717) is 16.7 Å². The van der Waals surface area contributed by atoms with Crippen LogP contribution in [0.3, 0.4) is 0 Å². The van der Waals surface area contributed by atoms with Gasteiger partial charge < -0.3 is 0 Å². The molecular formula is C30H20F3N3O2S. The van der Waals surface area contributed by atoms with Crippen molar-refractivity contribution in [1.29, 1.82) is 5.26 Å². The van der Waals surface area contributed by atoms with Crippen LogP contribution in [-0.2, 0) is 16.2 Å². The van der Waals surface area contributed by atoms with E-state index in [4.69, 9.17) is 0 Å². The van der Waals surface area contributed by atoms with E-state index < -0.39 is 21.8 Å². The summed E-state index contributed by atoms with van der Waals surface area (Å²) in [4.78, 5) is 4.05. The Hall–Kier alpha value is -4.68. The summed E-state index contributed by atoms with van der Waals surface area (Å²) in [5.41, 5.74) is 0.974. The summed E-state index contributed by atoms with van der Waals surface area (Å²) in [5.74, 6) is 0. The highest BCUT2D eigenvalue weighted by molar-refractivity contribution is 7.92. The minimum atomic E-state index is -4.69. The van der Waals surface area contributed by atoms with Crippen molar-refractivity contribution in [3.05, 3.63) is 114 Å². The Bertz CT molecular complexity index is 1860. The third kappa shape index (κ3) is 4.82. The molecule has 0 spiro atoms. The van der Waals surface area contributed by atoms with Crippen LogP contribution in [0.1, 0.15) is 16.7 Å². The highest BCUT2D eigenvalue weighted by Crippen LogP contribution is 2.45. The monoisotopic (exact) mass is 543 g/mol. The minimum Gasteiger partial charge on any atom is -0.279 e. The maximum atomic E-state index is 13.9. The zero-order valence-electron chi connectivity index (χ0n) is 20.5. The van der Waals surface area contributed by atoms with Crippen LogP contribution in [0.15, 0.2) is 102 Å². The van der Waals surface area contributed by atoms with Crippen LogP contribution in [0, 0.1) is 18.3 Å². The molecule has 5 nitrogen and oxygen atoms in total. The lowest BCUT2D eigenvalue weighted by molar-refractivity contribution is -0.136. The normalized spacial score (nSPS) is 11.8. The fourth-order valence-corrected chi connectivity index (χ4v) is 5.95. The van der Waals surface area contributed by atoms with Gasteiger partial charge in [-0.2, -0.15) is 18.4 Å². The fraction of sp³-hybridized carbons (Fsp3) is 0.0667. The molecule has 0 fully saturated rings. The lowest BCUT2D eigenvalue weighted by atomic mass is 9.88. The molecule has 0 saturated carbocycles. The first kappa shape index (κ1) is 25.9. The van der Waals surface area contributed by atoms with Crippen molar-refractivity contribution in [2.75, 3.05) is 4.72 Å². The SMILES string of the molecule is Cc1ccccc1S(=O)(=O)Nc1cccc(-c2ccccc2)c1-c1c(C#N)cnc2c(C(F)(F)F)cccc12. The largest absolute Gasteiger partial charge is 0.418 e. The molecule has 0 saturated heterocycles. The summed E-state index contributed by atoms with van der Waals surface area (Å²) >= 11 is 0. The predicted molar refractivity (Wildman–Crippen MR) is 144 cm³/mol. The van der Waals surface area contributed by atoms with Crippen LogP contribution in [0.25, 0.3) is 33.2 Å². The maximum Gasteiger partial charge on any atom is 0.418 e. The van der Waals surface area contributed by atoms with Crippen LogP contribution < -0.4 is 4.72 Å². The van der Waals surface area contributed by atoms with E-state index in [1.54, 1.807) is 61.5 Å². The van der Waals surface area contributed by atoms with Crippen LogP contribution in [-0.4, -0.2) is 13.4 Å². The molecule has 0 aliphatic heterocycles. The Labute approximate surface area is 223 Å². The summed E-state index contributed by atoms with van der Waals surface area (Å²) in [7, 11) is -4.11. The predicted octanol–water partition coefficient (Wildman–Crippen LogP) is 7.57. The summed E-state index contributed by atoms with van der Waals surface area (Å²) in [6.45, 7) is 1.67. The number of sulfonamides is 1. The summed E-state index contributed by atoms with van der Waals surface area (Å²) in [6.07, 6.45) is -3.60. The molecule has 0 bridgehead atoms.